The van der Waals surface area contributed by atoms with E-state index in [9.17, 15) is 4.79 Å². The predicted molar refractivity (Wildman–Crippen MR) is 92.4 cm³/mol. The van der Waals surface area contributed by atoms with E-state index in [2.05, 4.69) is 16.7 Å². The van der Waals surface area contributed by atoms with E-state index < -0.39 is 0 Å². The molecule has 2 amide bonds. The molecule has 120 valence electrons. The van der Waals surface area contributed by atoms with Crippen LogP contribution in [0.5, 0.6) is 5.75 Å². The zero-order chi connectivity index (χ0) is 16.3. The average Bonchev–Trinajstić information content (AvgIpc) is 3.36. The maximum Gasteiger partial charge on any atom is 0.319 e. The van der Waals surface area contributed by atoms with Gasteiger partial charge in [-0.25, -0.2) is 4.79 Å². The van der Waals surface area contributed by atoms with Crippen LogP contribution in [0.4, 0.5) is 10.5 Å². The smallest absolute Gasteiger partial charge is 0.319 e. The van der Waals surface area contributed by atoms with Crippen molar-refractivity contribution in [1.29, 1.82) is 0 Å². The van der Waals surface area contributed by atoms with Gasteiger partial charge in [0.1, 0.15) is 5.75 Å². The molecule has 0 saturated heterocycles. The summed E-state index contributed by atoms with van der Waals surface area (Å²) in [7, 11) is 1.68. The number of rotatable bonds is 5. The second-order valence-electron chi connectivity index (χ2n) is 5.80. The fourth-order valence-electron chi connectivity index (χ4n) is 2.73. The van der Waals surface area contributed by atoms with E-state index in [4.69, 9.17) is 16.3 Å². The number of anilines is 1. The third kappa shape index (κ3) is 3.59. The highest BCUT2D eigenvalue weighted by Crippen LogP contribution is 2.50. The highest BCUT2D eigenvalue weighted by Gasteiger charge is 2.46. The summed E-state index contributed by atoms with van der Waals surface area (Å²) in [4.78, 5) is 12.1. The van der Waals surface area contributed by atoms with Gasteiger partial charge in [-0.1, -0.05) is 29.8 Å². The normalized spacial score (nSPS) is 14.9. The van der Waals surface area contributed by atoms with Crippen molar-refractivity contribution in [2.24, 2.45) is 0 Å². The Morgan fingerprint density at radius 2 is 1.87 bits per heavy atom. The van der Waals surface area contributed by atoms with Crippen molar-refractivity contribution in [3.63, 3.8) is 0 Å². The highest BCUT2D eigenvalue weighted by molar-refractivity contribution is 6.30. The van der Waals surface area contributed by atoms with Gasteiger partial charge in [-0.2, -0.15) is 0 Å². The number of methoxy groups -OCH3 is 1. The quantitative estimate of drug-likeness (QED) is 0.863. The molecule has 0 bridgehead atoms. The molecule has 3 rings (SSSR count). The van der Waals surface area contributed by atoms with Crippen molar-refractivity contribution in [2.45, 2.75) is 18.3 Å². The molecule has 4 nitrogen and oxygen atoms in total. The maximum absolute atomic E-state index is 12.1. The lowest BCUT2D eigenvalue weighted by molar-refractivity contribution is 0.251. The lowest BCUT2D eigenvalue weighted by Gasteiger charge is -2.19. The number of benzene rings is 2. The highest BCUT2D eigenvalue weighted by atomic mass is 35.5. The second kappa shape index (κ2) is 6.50. The number of para-hydroxylation sites is 1. The summed E-state index contributed by atoms with van der Waals surface area (Å²) in [5.41, 5.74) is 1.87. The zero-order valence-corrected chi connectivity index (χ0v) is 13.7. The van der Waals surface area contributed by atoms with Crippen LogP contribution in [-0.2, 0) is 5.41 Å². The minimum Gasteiger partial charge on any atom is -0.496 e. The van der Waals surface area contributed by atoms with E-state index in [-0.39, 0.29) is 11.4 Å². The summed E-state index contributed by atoms with van der Waals surface area (Å²) in [5, 5.41) is 6.41. The average molecular weight is 331 g/mol. The molecule has 2 aromatic carbocycles. The Balaban J connectivity index is 1.61. The molecule has 2 aromatic rings. The molecule has 1 aliphatic rings. The van der Waals surface area contributed by atoms with Gasteiger partial charge >= 0.3 is 6.03 Å². The molecular weight excluding hydrogens is 312 g/mol. The molecule has 0 atom stereocenters. The van der Waals surface area contributed by atoms with Crippen LogP contribution in [0.3, 0.4) is 0 Å². The molecule has 5 heteroatoms. The van der Waals surface area contributed by atoms with E-state index in [1.54, 1.807) is 31.4 Å². The summed E-state index contributed by atoms with van der Waals surface area (Å²) >= 11 is 5.83. The SMILES string of the molecule is COc1ccccc1C1(CNC(=O)Nc2ccc(Cl)cc2)CC1. The zero-order valence-electron chi connectivity index (χ0n) is 12.9. The first-order valence-electron chi connectivity index (χ1n) is 7.57. The van der Waals surface area contributed by atoms with Crippen LogP contribution in [0.1, 0.15) is 18.4 Å². The van der Waals surface area contributed by atoms with Gasteiger partial charge in [0.05, 0.1) is 7.11 Å². The van der Waals surface area contributed by atoms with Crippen molar-refractivity contribution in [1.82, 2.24) is 5.32 Å². The van der Waals surface area contributed by atoms with Crippen molar-refractivity contribution >= 4 is 23.3 Å². The number of hydrogen-bond acceptors (Lipinski definition) is 2. The monoisotopic (exact) mass is 330 g/mol. The third-order valence-corrected chi connectivity index (χ3v) is 4.47. The Morgan fingerprint density at radius 1 is 1.17 bits per heavy atom. The topological polar surface area (TPSA) is 50.4 Å². The fraction of sp³-hybridized carbons (Fsp3) is 0.278. The summed E-state index contributed by atoms with van der Waals surface area (Å²) in [6, 6.07) is 14.8. The molecule has 0 spiro atoms. The van der Waals surface area contributed by atoms with Crippen LogP contribution >= 0.6 is 11.6 Å². The van der Waals surface area contributed by atoms with Crippen molar-refractivity contribution in [2.75, 3.05) is 19.0 Å². The van der Waals surface area contributed by atoms with Gasteiger partial charge in [0.2, 0.25) is 0 Å². The van der Waals surface area contributed by atoms with Gasteiger partial charge in [-0.05, 0) is 43.2 Å². The molecule has 0 radical (unpaired) electrons. The molecule has 1 saturated carbocycles. The van der Waals surface area contributed by atoms with E-state index in [1.807, 2.05) is 18.2 Å². The summed E-state index contributed by atoms with van der Waals surface area (Å²) in [5.74, 6) is 0.880. The van der Waals surface area contributed by atoms with Gasteiger partial charge in [0.25, 0.3) is 0 Å². The number of urea groups is 1. The van der Waals surface area contributed by atoms with Crippen LogP contribution in [0, 0.1) is 0 Å². The molecule has 2 N–H and O–H groups in total. The molecule has 0 aromatic heterocycles. The summed E-state index contributed by atoms with van der Waals surface area (Å²) in [6.45, 7) is 0.590. The molecule has 1 fully saturated rings. The summed E-state index contributed by atoms with van der Waals surface area (Å²) in [6.07, 6.45) is 2.10. The lowest BCUT2D eigenvalue weighted by Crippen LogP contribution is -2.35. The minimum absolute atomic E-state index is 0.00998. The van der Waals surface area contributed by atoms with E-state index >= 15 is 0 Å². The van der Waals surface area contributed by atoms with Crippen LogP contribution < -0.4 is 15.4 Å². The number of carbonyl (C=O) groups is 1. The lowest BCUT2D eigenvalue weighted by atomic mass is 9.95. The largest absolute Gasteiger partial charge is 0.496 e. The fourth-order valence-corrected chi connectivity index (χ4v) is 2.86. The van der Waals surface area contributed by atoms with Crippen LogP contribution in [0.15, 0.2) is 48.5 Å². The van der Waals surface area contributed by atoms with E-state index in [1.165, 1.54) is 0 Å². The molecule has 0 heterocycles. The Morgan fingerprint density at radius 3 is 2.52 bits per heavy atom. The standard InChI is InChI=1S/C18H19ClN2O2/c1-23-16-5-3-2-4-15(16)18(10-11-18)12-20-17(22)21-14-8-6-13(19)7-9-14/h2-9H,10-12H2,1H3,(H2,20,21,22). The van der Waals surface area contributed by atoms with Crippen molar-refractivity contribution in [3.8, 4) is 5.75 Å². The Bertz CT molecular complexity index is 696. The third-order valence-electron chi connectivity index (χ3n) is 4.22. The molecule has 0 unspecified atom stereocenters. The van der Waals surface area contributed by atoms with Gasteiger partial charge < -0.3 is 15.4 Å². The number of nitrogens with one attached hydrogen (secondary N) is 2. The number of ether oxygens (including phenoxy) is 1. The minimum atomic E-state index is -0.214. The molecule has 1 aliphatic carbocycles. The van der Waals surface area contributed by atoms with Gasteiger partial charge in [-0.15, -0.1) is 0 Å². The number of halogens is 1. The Kier molecular flexibility index (Phi) is 4.44. The Hall–Kier alpha value is -2.20. The molecular formula is C18H19ClN2O2. The van der Waals surface area contributed by atoms with Crippen LogP contribution in [-0.4, -0.2) is 19.7 Å². The first kappa shape index (κ1) is 15.7. The second-order valence-corrected chi connectivity index (χ2v) is 6.23. The van der Waals surface area contributed by atoms with E-state index in [0.29, 0.717) is 17.3 Å². The Labute approximate surface area is 140 Å². The summed E-state index contributed by atoms with van der Waals surface area (Å²) < 4.78 is 5.44. The van der Waals surface area contributed by atoms with E-state index in [0.717, 1.165) is 24.2 Å². The molecule has 0 aliphatic heterocycles. The first-order chi connectivity index (χ1) is 11.1. The van der Waals surface area contributed by atoms with Crippen LogP contribution in [0.25, 0.3) is 0 Å². The number of carbonyl (C=O) groups excluding carboxylic acids is 1. The van der Waals surface area contributed by atoms with Gasteiger partial charge in [0.15, 0.2) is 0 Å². The number of hydrogen-bond donors (Lipinski definition) is 2. The van der Waals surface area contributed by atoms with Crippen molar-refractivity contribution in [3.05, 3.63) is 59.1 Å². The van der Waals surface area contributed by atoms with Gasteiger partial charge in [0, 0.05) is 28.2 Å². The number of amides is 2. The molecule has 23 heavy (non-hydrogen) atoms. The first-order valence-corrected chi connectivity index (χ1v) is 7.95. The van der Waals surface area contributed by atoms with Crippen molar-refractivity contribution < 1.29 is 9.53 Å². The predicted octanol–water partition coefficient (Wildman–Crippen LogP) is 4.20. The van der Waals surface area contributed by atoms with Gasteiger partial charge in [-0.3, -0.25) is 0 Å². The maximum atomic E-state index is 12.1. The van der Waals surface area contributed by atoms with Crippen LogP contribution in [0.2, 0.25) is 5.02 Å².